The van der Waals surface area contributed by atoms with Crippen LogP contribution in [0.25, 0.3) is 5.69 Å². The summed E-state index contributed by atoms with van der Waals surface area (Å²) in [6, 6.07) is 6.88. The third kappa shape index (κ3) is 2.11. The minimum atomic E-state index is -3.49. The zero-order chi connectivity index (χ0) is 12.5. The summed E-state index contributed by atoms with van der Waals surface area (Å²) in [5, 5.41) is 10.3. The van der Waals surface area contributed by atoms with Crippen molar-refractivity contribution in [2.75, 3.05) is 13.4 Å². The van der Waals surface area contributed by atoms with E-state index in [9.17, 15) is 8.42 Å². The summed E-state index contributed by atoms with van der Waals surface area (Å²) in [6.45, 7) is 0. The largest absolute Gasteiger partial charge is 0.494 e. The average molecular weight is 254 g/mol. The van der Waals surface area contributed by atoms with Crippen molar-refractivity contribution in [3.8, 4) is 11.4 Å². The maximum absolute atomic E-state index is 11.5. The van der Waals surface area contributed by atoms with Gasteiger partial charge in [-0.25, -0.2) is 8.42 Å². The summed E-state index contributed by atoms with van der Waals surface area (Å²) in [5.41, 5.74) is 0.473. The first-order valence-electron chi connectivity index (χ1n) is 4.66. The number of para-hydroxylation sites is 2. The minimum absolute atomic E-state index is 0.220. The van der Waals surface area contributed by atoms with Gasteiger partial charge in [0.2, 0.25) is 9.84 Å². The third-order valence-corrected chi connectivity index (χ3v) is 3.00. The Morgan fingerprint density at radius 2 is 2.00 bits per heavy atom. The molecule has 17 heavy (non-hydrogen) atoms. The van der Waals surface area contributed by atoms with E-state index >= 15 is 0 Å². The van der Waals surface area contributed by atoms with Crippen molar-refractivity contribution < 1.29 is 13.2 Å². The number of hydrogen-bond donors (Lipinski definition) is 0. The molecule has 0 aliphatic heterocycles. The van der Waals surface area contributed by atoms with E-state index in [1.807, 2.05) is 0 Å². The predicted molar refractivity (Wildman–Crippen MR) is 58.8 cm³/mol. The lowest BCUT2D eigenvalue weighted by molar-refractivity contribution is 0.410. The van der Waals surface area contributed by atoms with E-state index in [4.69, 9.17) is 4.74 Å². The number of sulfone groups is 1. The van der Waals surface area contributed by atoms with Crippen LogP contribution in [0.4, 0.5) is 0 Å². The van der Waals surface area contributed by atoms with Gasteiger partial charge in [-0.1, -0.05) is 17.2 Å². The molecule has 0 radical (unpaired) electrons. The maximum Gasteiger partial charge on any atom is 0.272 e. The zero-order valence-corrected chi connectivity index (χ0v) is 10.0. The van der Waals surface area contributed by atoms with Crippen molar-refractivity contribution in [1.82, 2.24) is 20.2 Å². The number of rotatable bonds is 3. The molecule has 0 spiro atoms. The van der Waals surface area contributed by atoms with Crippen LogP contribution in [0.1, 0.15) is 0 Å². The van der Waals surface area contributed by atoms with Gasteiger partial charge in [0.1, 0.15) is 11.4 Å². The van der Waals surface area contributed by atoms with Gasteiger partial charge in [-0.15, -0.1) is 0 Å². The van der Waals surface area contributed by atoms with Crippen LogP contribution in [-0.2, 0) is 9.84 Å². The highest BCUT2D eigenvalue weighted by Crippen LogP contribution is 2.22. The maximum atomic E-state index is 11.5. The van der Waals surface area contributed by atoms with Crippen LogP contribution in [0.2, 0.25) is 0 Å². The molecule has 0 saturated carbocycles. The molecule has 7 nitrogen and oxygen atoms in total. The first kappa shape index (κ1) is 11.5. The van der Waals surface area contributed by atoms with E-state index in [-0.39, 0.29) is 5.16 Å². The Morgan fingerprint density at radius 1 is 1.29 bits per heavy atom. The smallest absolute Gasteiger partial charge is 0.272 e. The first-order chi connectivity index (χ1) is 8.04. The number of tetrazole rings is 1. The number of methoxy groups -OCH3 is 1. The lowest BCUT2D eigenvalue weighted by Crippen LogP contribution is -2.09. The molecule has 0 aliphatic carbocycles. The van der Waals surface area contributed by atoms with Gasteiger partial charge in [0.05, 0.1) is 7.11 Å². The van der Waals surface area contributed by atoms with E-state index in [1.165, 1.54) is 7.11 Å². The number of hydrogen-bond acceptors (Lipinski definition) is 6. The number of benzene rings is 1. The quantitative estimate of drug-likeness (QED) is 0.770. The van der Waals surface area contributed by atoms with Crippen LogP contribution in [0.15, 0.2) is 29.4 Å². The van der Waals surface area contributed by atoms with Gasteiger partial charge < -0.3 is 4.74 Å². The van der Waals surface area contributed by atoms with Crippen molar-refractivity contribution in [1.29, 1.82) is 0 Å². The summed E-state index contributed by atoms with van der Waals surface area (Å²) >= 11 is 0. The molecule has 1 aromatic carbocycles. The highest BCUT2D eigenvalue weighted by molar-refractivity contribution is 7.90. The molecular formula is C9H10N4O3S. The number of ether oxygens (including phenoxy) is 1. The Kier molecular flexibility index (Phi) is 2.80. The van der Waals surface area contributed by atoms with Crippen molar-refractivity contribution in [2.24, 2.45) is 0 Å². The molecular weight excluding hydrogens is 244 g/mol. The second kappa shape index (κ2) is 4.13. The lowest BCUT2D eigenvalue weighted by Gasteiger charge is -2.07. The van der Waals surface area contributed by atoms with E-state index < -0.39 is 9.84 Å². The van der Waals surface area contributed by atoms with Crippen LogP contribution in [0, 0.1) is 0 Å². The van der Waals surface area contributed by atoms with Gasteiger partial charge in [0.25, 0.3) is 5.16 Å². The second-order valence-electron chi connectivity index (χ2n) is 3.32. The molecule has 90 valence electrons. The van der Waals surface area contributed by atoms with Crippen molar-refractivity contribution in [3.63, 3.8) is 0 Å². The molecule has 0 atom stereocenters. The van der Waals surface area contributed by atoms with Crippen LogP contribution >= 0.6 is 0 Å². The molecule has 0 aliphatic rings. The molecule has 0 saturated heterocycles. The van der Waals surface area contributed by atoms with Gasteiger partial charge >= 0.3 is 0 Å². The van der Waals surface area contributed by atoms with E-state index in [0.717, 1.165) is 10.9 Å². The van der Waals surface area contributed by atoms with Crippen LogP contribution in [-0.4, -0.2) is 42.0 Å². The van der Waals surface area contributed by atoms with E-state index in [1.54, 1.807) is 24.3 Å². The van der Waals surface area contributed by atoms with Crippen LogP contribution < -0.4 is 4.74 Å². The fourth-order valence-corrected chi connectivity index (χ4v) is 2.00. The Balaban J connectivity index is 2.66. The van der Waals surface area contributed by atoms with E-state index in [2.05, 4.69) is 15.5 Å². The molecule has 0 fully saturated rings. The highest BCUT2D eigenvalue weighted by atomic mass is 32.2. The Labute approximate surface area is 97.9 Å². The Bertz CT molecular complexity index is 635. The van der Waals surface area contributed by atoms with Crippen molar-refractivity contribution in [3.05, 3.63) is 24.3 Å². The summed E-state index contributed by atoms with van der Waals surface area (Å²) in [4.78, 5) is 0. The Morgan fingerprint density at radius 3 is 2.65 bits per heavy atom. The van der Waals surface area contributed by atoms with Gasteiger partial charge in [0, 0.05) is 6.26 Å². The summed E-state index contributed by atoms with van der Waals surface area (Å²) in [7, 11) is -2.00. The van der Waals surface area contributed by atoms with Crippen molar-refractivity contribution in [2.45, 2.75) is 5.16 Å². The van der Waals surface area contributed by atoms with Crippen molar-refractivity contribution >= 4 is 9.84 Å². The average Bonchev–Trinajstić information content (AvgIpc) is 2.77. The van der Waals surface area contributed by atoms with E-state index in [0.29, 0.717) is 11.4 Å². The fraction of sp³-hybridized carbons (Fsp3) is 0.222. The monoisotopic (exact) mass is 254 g/mol. The van der Waals surface area contributed by atoms with Gasteiger partial charge in [-0.2, -0.15) is 4.68 Å². The molecule has 2 aromatic rings. The molecule has 8 heteroatoms. The van der Waals surface area contributed by atoms with Gasteiger partial charge in [-0.3, -0.25) is 0 Å². The van der Waals surface area contributed by atoms with Gasteiger partial charge in [0.15, 0.2) is 0 Å². The summed E-state index contributed by atoms with van der Waals surface area (Å²) in [6.07, 6.45) is 1.05. The molecule has 0 amide bonds. The molecule has 0 unspecified atom stereocenters. The standard InChI is InChI=1S/C9H10N4O3S/c1-16-8-6-4-3-5-7(8)13-9(10-11-12-13)17(2,14)15/h3-6H,1-2H3. The predicted octanol–water partition coefficient (Wildman–Crippen LogP) is 0.0744. The van der Waals surface area contributed by atoms with Crippen LogP contribution in [0.5, 0.6) is 5.75 Å². The minimum Gasteiger partial charge on any atom is -0.494 e. The molecule has 1 heterocycles. The normalized spacial score (nSPS) is 11.4. The highest BCUT2D eigenvalue weighted by Gasteiger charge is 2.20. The van der Waals surface area contributed by atoms with Gasteiger partial charge in [-0.05, 0) is 22.6 Å². The molecule has 2 rings (SSSR count). The molecule has 0 bridgehead atoms. The second-order valence-corrected chi connectivity index (χ2v) is 5.23. The summed E-state index contributed by atoms with van der Waals surface area (Å²) < 4.78 is 29.2. The zero-order valence-electron chi connectivity index (χ0n) is 9.23. The molecule has 0 N–H and O–H groups in total. The Hall–Kier alpha value is -1.96. The fourth-order valence-electron chi connectivity index (χ4n) is 1.37. The number of nitrogens with zero attached hydrogens (tertiary/aromatic N) is 4. The topological polar surface area (TPSA) is 87.0 Å². The third-order valence-electron chi connectivity index (χ3n) is 2.09. The first-order valence-corrected chi connectivity index (χ1v) is 6.55. The lowest BCUT2D eigenvalue weighted by atomic mass is 10.3. The SMILES string of the molecule is COc1ccccc1-n1nnnc1S(C)(=O)=O. The van der Waals surface area contributed by atoms with Crippen LogP contribution in [0.3, 0.4) is 0 Å². The number of aromatic nitrogens is 4. The molecule has 1 aromatic heterocycles. The summed E-state index contributed by atoms with van der Waals surface area (Å²) in [5.74, 6) is 0.490.